The third-order valence-electron chi connectivity index (χ3n) is 5.56. The lowest BCUT2D eigenvalue weighted by molar-refractivity contribution is 0.0458. The topological polar surface area (TPSA) is 111 Å². The number of sulfonamides is 1. The van der Waals surface area contributed by atoms with Crippen LogP contribution in [0.3, 0.4) is 0 Å². The van der Waals surface area contributed by atoms with E-state index < -0.39 is 16.0 Å². The second-order valence-corrected chi connectivity index (χ2v) is 9.72. The Morgan fingerprint density at radius 1 is 1.15 bits per heavy atom. The molecule has 1 saturated heterocycles. The van der Waals surface area contributed by atoms with E-state index in [1.54, 1.807) is 42.5 Å². The van der Waals surface area contributed by atoms with Gasteiger partial charge in [-0.25, -0.2) is 18.2 Å². The number of imidazole rings is 1. The van der Waals surface area contributed by atoms with Crippen molar-refractivity contribution < 1.29 is 27.8 Å². The lowest BCUT2D eigenvalue weighted by Gasteiger charge is -2.26. The fraction of sp³-hybridized carbons (Fsp3) is 0.391. The highest BCUT2D eigenvalue weighted by atomic mass is 32.2. The molecule has 10 heteroatoms. The van der Waals surface area contributed by atoms with Crippen LogP contribution in [0.4, 0.5) is 0 Å². The third-order valence-corrected chi connectivity index (χ3v) is 7.45. The Morgan fingerprint density at radius 2 is 1.88 bits per heavy atom. The van der Waals surface area contributed by atoms with Crippen LogP contribution in [-0.4, -0.2) is 59.7 Å². The Morgan fingerprint density at radius 3 is 2.55 bits per heavy atom. The predicted molar refractivity (Wildman–Crippen MR) is 121 cm³/mol. The molecule has 33 heavy (non-hydrogen) atoms. The fourth-order valence-corrected chi connectivity index (χ4v) is 5.23. The van der Waals surface area contributed by atoms with Gasteiger partial charge in [-0.2, -0.15) is 4.31 Å². The highest BCUT2D eigenvalue weighted by Gasteiger charge is 2.27. The maximum atomic E-state index is 13.0. The maximum absolute atomic E-state index is 13.0. The van der Waals surface area contributed by atoms with E-state index in [2.05, 4.69) is 4.98 Å². The van der Waals surface area contributed by atoms with Gasteiger partial charge < -0.3 is 19.1 Å². The standard InChI is InChI=1S/C23H27N3O6S/c1-2-9-26-21-8-7-19(33(29,30)25-10-12-31-13-11-25)14-20(21)24-22(26)16-32-23(28)18-5-3-17(15-27)4-6-18/h3-8,14,27H,2,9-13,15-16H2,1H3. The van der Waals surface area contributed by atoms with Gasteiger partial charge >= 0.3 is 5.97 Å². The molecule has 1 N–H and O–H groups in total. The monoisotopic (exact) mass is 473 g/mol. The average Bonchev–Trinajstić information content (AvgIpc) is 3.20. The number of morpholine rings is 1. The Bertz CT molecular complexity index is 1230. The summed E-state index contributed by atoms with van der Waals surface area (Å²) < 4.78 is 40.1. The number of aryl methyl sites for hydroxylation is 1. The predicted octanol–water partition coefficient (Wildman–Crippen LogP) is 2.32. The largest absolute Gasteiger partial charge is 0.454 e. The highest BCUT2D eigenvalue weighted by molar-refractivity contribution is 7.89. The summed E-state index contributed by atoms with van der Waals surface area (Å²) in [5.41, 5.74) is 2.41. The number of aliphatic hydroxyl groups is 1. The van der Waals surface area contributed by atoms with Gasteiger partial charge in [0.05, 0.1) is 41.3 Å². The fourth-order valence-electron chi connectivity index (χ4n) is 3.80. The molecule has 4 rings (SSSR count). The summed E-state index contributed by atoms with van der Waals surface area (Å²) in [4.78, 5) is 17.2. The maximum Gasteiger partial charge on any atom is 0.338 e. The van der Waals surface area contributed by atoms with Crippen molar-refractivity contribution in [3.63, 3.8) is 0 Å². The van der Waals surface area contributed by atoms with Gasteiger partial charge in [-0.3, -0.25) is 0 Å². The Labute approximate surface area is 192 Å². The lowest BCUT2D eigenvalue weighted by Crippen LogP contribution is -2.40. The summed E-state index contributed by atoms with van der Waals surface area (Å²) in [5, 5.41) is 9.14. The molecule has 0 aliphatic carbocycles. The van der Waals surface area contributed by atoms with Crippen LogP contribution < -0.4 is 0 Å². The number of carbonyl (C=O) groups is 1. The molecule has 0 atom stereocenters. The van der Waals surface area contributed by atoms with E-state index in [1.165, 1.54) is 4.31 Å². The molecule has 0 amide bonds. The molecule has 0 radical (unpaired) electrons. The van der Waals surface area contributed by atoms with Crippen LogP contribution in [0.2, 0.25) is 0 Å². The van der Waals surface area contributed by atoms with Gasteiger partial charge in [0.2, 0.25) is 10.0 Å². The lowest BCUT2D eigenvalue weighted by atomic mass is 10.1. The first-order chi connectivity index (χ1) is 15.9. The average molecular weight is 474 g/mol. The van der Waals surface area contributed by atoms with Crippen LogP contribution in [0, 0.1) is 0 Å². The number of aromatic nitrogens is 2. The van der Waals surface area contributed by atoms with E-state index in [0.717, 1.165) is 11.9 Å². The molecule has 3 aromatic rings. The molecule has 1 fully saturated rings. The summed E-state index contributed by atoms with van der Waals surface area (Å²) in [6.07, 6.45) is 0.836. The number of fused-ring (bicyclic) bond motifs is 1. The minimum Gasteiger partial charge on any atom is -0.454 e. The molecule has 0 unspecified atom stereocenters. The summed E-state index contributed by atoms with van der Waals surface area (Å²) in [6.45, 7) is 3.96. The van der Waals surface area contributed by atoms with Crippen LogP contribution in [0.25, 0.3) is 11.0 Å². The SMILES string of the molecule is CCCn1c(COC(=O)c2ccc(CO)cc2)nc2cc(S(=O)(=O)N3CCOCC3)ccc21. The number of hydrogen-bond acceptors (Lipinski definition) is 7. The third kappa shape index (κ3) is 4.93. The van der Waals surface area contributed by atoms with Gasteiger partial charge in [-0.15, -0.1) is 0 Å². The first-order valence-corrected chi connectivity index (χ1v) is 12.3. The van der Waals surface area contributed by atoms with Gasteiger partial charge in [-0.05, 0) is 42.3 Å². The van der Waals surface area contributed by atoms with Crippen molar-refractivity contribution in [2.45, 2.75) is 38.0 Å². The molecule has 1 aromatic heterocycles. The van der Waals surface area contributed by atoms with Crippen molar-refractivity contribution in [3.05, 3.63) is 59.4 Å². The van der Waals surface area contributed by atoms with E-state index in [4.69, 9.17) is 14.6 Å². The molecule has 9 nitrogen and oxygen atoms in total. The van der Waals surface area contributed by atoms with E-state index in [-0.39, 0.29) is 18.1 Å². The second-order valence-electron chi connectivity index (χ2n) is 7.78. The second kappa shape index (κ2) is 10.0. The van der Waals surface area contributed by atoms with Crippen LogP contribution >= 0.6 is 0 Å². The molecular formula is C23H27N3O6S. The van der Waals surface area contributed by atoms with Crippen molar-refractivity contribution >= 4 is 27.0 Å². The minimum absolute atomic E-state index is 0.0409. The number of benzene rings is 2. The van der Waals surface area contributed by atoms with Crippen molar-refractivity contribution in [3.8, 4) is 0 Å². The van der Waals surface area contributed by atoms with E-state index >= 15 is 0 Å². The van der Waals surface area contributed by atoms with Crippen molar-refractivity contribution in [1.82, 2.24) is 13.9 Å². The minimum atomic E-state index is -3.64. The van der Waals surface area contributed by atoms with Crippen molar-refractivity contribution in [1.29, 1.82) is 0 Å². The summed E-state index contributed by atoms with van der Waals surface area (Å²) in [7, 11) is -3.64. The number of nitrogens with zero attached hydrogens (tertiary/aromatic N) is 3. The van der Waals surface area contributed by atoms with Crippen molar-refractivity contribution in [2.75, 3.05) is 26.3 Å². The number of esters is 1. The zero-order valence-electron chi connectivity index (χ0n) is 18.4. The normalized spacial score (nSPS) is 15.1. The Kier molecular flexibility index (Phi) is 7.08. The molecule has 1 aliphatic heterocycles. The van der Waals surface area contributed by atoms with Crippen LogP contribution in [0.5, 0.6) is 0 Å². The van der Waals surface area contributed by atoms with Gasteiger partial charge in [0.1, 0.15) is 12.4 Å². The van der Waals surface area contributed by atoms with E-state index in [0.29, 0.717) is 55.3 Å². The molecule has 0 spiro atoms. The van der Waals surface area contributed by atoms with Crippen LogP contribution in [0.1, 0.15) is 35.1 Å². The number of ether oxygens (including phenoxy) is 2. The van der Waals surface area contributed by atoms with Crippen LogP contribution in [-0.2, 0) is 39.3 Å². The molecule has 2 aromatic carbocycles. The van der Waals surface area contributed by atoms with Crippen molar-refractivity contribution in [2.24, 2.45) is 0 Å². The molecule has 0 bridgehead atoms. The van der Waals surface area contributed by atoms with Gasteiger partial charge in [0, 0.05) is 19.6 Å². The highest BCUT2D eigenvalue weighted by Crippen LogP contribution is 2.24. The van der Waals surface area contributed by atoms with E-state index in [9.17, 15) is 13.2 Å². The van der Waals surface area contributed by atoms with Gasteiger partial charge in [0.25, 0.3) is 0 Å². The molecule has 2 heterocycles. The Balaban J connectivity index is 1.58. The smallest absolute Gasteiger partial charge is 0.338 e. The first-order valence-electron chi connectivity index (χ1n) is 10.9. The summed E-state index contributed by atoms with van der Waals surface area (Å²) >= 11 is 0. The first kappa shape index (κ1) is 23.4. The van der Waals surface area contributed by atoms with Gasteiger partial charge in [0.15, 0.2) is 0 Å². The number of hydrogen-bond donors (Lipinski definition) is 1. The quantitative estimate of drug-likeness (QED) is 0.500. The molecule has 0 saturated carbocycles. The molecular weight excluding hydrogens is 446 g/mol. The number of carbonyl (C=O) groups excluding carboxylic acids is 1. The molecule has 1 aliphatic rings. The summed E-state index contributed by atoms with van der Waals surface area (Å²) in [6, 6.07) is 11.5. The van der Waals surface area contributed by atoms with Gasteiger partial charge in [-0.1, -0.05) is 19.1 Å². The Hall–Kier alpha value is -2.79. The molecule has 176 valence electrons. The van der Waals surface area contributed by atoms with Crippen LogP contribution in [0.15, 0.2) is 47.4 Å². The number of aliphatic hydroxyl groups excluding tert-OH is 1. The zero-order valence-corrected chi connectivity index (χ0v) is 19.3. The zero-order chi connectivity index (χ0) is 23.4. The summed E-state index contributed by atoms with van der Waals surface area (Å²) in [5.74, 6) is 0.0540. The number of rotatable bonds is 8. The van der Waals surface area contributed by atoms with E-state index in [1.807, 2.05) is 11.5 Å².